The second-order valence-corrected chi connectivity index (χ2v) is 11.7. The van der Waals surface area contributed by atoms with E-state index in [0.717, 1.165) is 21.5 Å². The molecular formula is C30H28N2O4S2. The van der Waals surface area contributed by atoms with Gasteiger partial charge in [-0.05, 0) is 33.7 Å². The standard InChI is InChI=1S/C30H28N2O4S2/c31-29(35)25(15-27(33)23-11-9-19-5-1-3-7-21(19)13-23)17-37-38-18-26(30(32)36)16-28(34)24-12-10-20-6-2-4-8-22(20)14-24/h1-14,25-26H,15-18H2,(H2,31,35)(H2,32,36)/t25-,26-/m0/s1. The van der Waals surface area contributed by atoms with Crippen molar-refractivity contribution in [2.75, 3.05) is 11.5 Å². The van der Waals surface area contributed by atoms with E-state index in [-0.39, 0.29) is 24.4 Å². The summed E-state index contributed by atoms with van der Waals surface area (Å²) in [5, 5.41) is 3.97. The molecule has 0 aromatic heterocycles. The molecule has 38 heavy (non-hydrogen) atoms. The van der Waals surface area contributed by atoms with E-state index in [4.69, 9.17) is 11.5 Å². The van der Waals surface area contributed by atoms with Crippen LogP contribution >= 0.6 is 21.6 Å². The highest BCUT2D eigenvalue weighted by molar-refractivity contribution is 8.76. The number of nitrogens with two attached hydrogens (primary N) is 2. The molecule has 2 amide bonds. The Labute approximate surface area is 228 Å². The third kappa shape index (κ3) is 7.02. The number of Topliss-reactive ketones (excluding diaryl/α,β-unsaturated/α-hetero) is 2. The first-order chi connectivity index (χ1) is 18.3. The van der Waals surface area contributed by atoms with Crippen molar-refractivity contribution >= 4 is 66.5 Å². The van der Waals surface area contributed by atoms with Crippen LogP contribution in [0.1, 0.15) is 33.6 Å². The summed E-state index contributed by atoms with van der Waals surface area (Å²) >= 11 is 0. The maximum Gasteiger partial charge on any atom is 0.221 e. The second-order valence-electron chi connectivity index (χ2n) is 9.15. The minimum absolute atomic E-state index is 0.000924. The lowest BCUT2D eigenvalue weighted by molar-refractivity contribution is -0.121. The van der Waals surface area contributed by atoms with Crippen LogP contribution in [0.3, 0.4) is 0 Å². The van der Waals surface area contributed by atoms with Crippen molar-refractivity contribution in [1.29, 1.82) is 0 Å². The minimum Gasteiger partial charge on any atom is -0.369 e. The van der Waals surface area contributed by atoms with Gasteiger partial charge in [0.1, 0.15) is 0 Å². The predicted octanol–water partition coefficient (Wildman–Crippen LogP) is 5.42. The van der Waals surface area contributed by atoms with Gasteiger partial charge in [-0.15, -0.1) is 0 Å². The number of primary amides is 2. The Kier molecular flexibility index (Phi) is 9.20. The van der Waals surface area contributed by atoms with E-state index in [9.17, 15) is 19.2 Å². The summed E-state index contributed by atoms with van der Waals surface area (Å²) in [4.78, 5) is 49.8. The van der Waals surface area contributed by atoms with E-state index >= 15 is 0 Å². The second kappa shape index (κ2) is 12.8. The molecule has 0 radical (unpaired) electrons. The largest absolute Gasteiger partial charge is 0.369 e. The number of carbonyl (C=O) groups excluding carboxylic acids is 4. The van der Waals surface area contributed by atoms with Crippen molar-refractivity contribution in [3.05, 3.63) is 96.1 Å². The first-order valence-electron chi connectivity index (χ1n) is 12.2. The lowest BCUT2D eigenvalue weighted by Crippen LogP contribution is -2.28. The summed E-state index contributed by atoms with van der Waals surface area (Å²) < 4.78 is 0. The monoisotopic (exact) mass is 544 g/mol. The number of hydrogen-bond donors (Lipinski definition) is 2. The van der Waals surface area contributed by atoms with Crippen LogP contribution in [0.5, 0.6) is 0 Å². The van der Waals surface area contributed by atoms with Gasteiger partial charge < -0.3 is 11.5 Å². The van der Waals surface area contributed by atoms with Gasteiger partial charge in [-0.25, -0.2) is 0 Å². The number of carbonyl (C=O) groups is 4. The Bertz CT molecular complexity index is 1390. The topological polar surface area (TPSA) is 120 Å². The Morgan fingerprint density at radius 1 is 0.553 bits per heavy atom. The fourth-order valence-corrected chi connectivity index (χ4v) is 6.80. The predicted molar refractivity (Wildman–Crippen MR) is 156 cm³/mol. The lowest BCUT2D eigenvalue weighted by atomic mass is 9.97. The van der Waals surface area contributed by atoms with E-state index in [1.54, 1.807) is 12.1 Å². The molecule has 0 bridgehead atoms. The number of ketones is 2. The van der Waals surface area contributed by atoms with Crippen LogP contribution in [0.15, 0.2) is 84.9 Å². The zero-order valence-electron chi connectivity index (χ0n) is 20.7. The molecule has 0 fully saturated rings. The van der Waals surface area contributed by atoms with Crippen molar-refractivity contribution in [2.45, 2.75) is 12.8 Å². The molecule has 0 aliphatic carbocycles. The van der Waals surface area contributed by atoms with Crippen molar-refractivity contribution in [3.8, 4) is 0 Å². The Balaban J connectivity index is 1.30. The van der Waals surface area contributed by atoms with E-state index in [1.807, 2.05) is 72.8 Å². The van der Waals surface area contributed by atoms with Gasteiger partial charge in [-0.1, -0.05) is 94.4 Å². The van der Waals surface area contributed by atoms with Crippen LogP contribution < -0.4 is 11.5 Å². The fourth-order valence-electron chi connectivity index (χ4n) is 4.15. The Hall–Kier alpha value is -3.62. The molecule has 0 unspecified atom stereocenters. The smallest absolute Gasteiger partial charge is 0.221 e. The summed E-state index contributed by atoms with van der Waals surface area (Å²) in [5.74, 6) is -2.10. The quantitative estimate of drug-likeness (QED) is 0.132. The molecule has 2 atom stereocenters. The summed E-state index contributed by atoms with van der Waals surface area (Å²) in [6.07, 6.45) is 0.00185. The maximum absolute atomic E-state index is 12.8. The van der Waals surface area contributed by atoms with Crippen molar-refractivity contribution in [2.24, 2.45) is 23.3 Å². The van der Waals surface area contributed by atoms with Crippen LogP contribution in [0, 0.1) is 11.8 Å². The average Bonchev–Trinajstić information content (AvgIpc) is 2.92. The molecule has 0 saturated carbocycles. The summed E-state index contributed by atoms with van der Waals surface area (Å²) in [7, 11) is 2.69. The summed E-state index contributed by atoms with van der Waals surface area (Å²) in [6.45, 7) is 0. The van der Waals surface area contributed by atoms with E-state index in [2.05, 4.69) is 0 Å². The van der Waals surface area contributed by atoms with Crippen molar-refractivity contribution < 1.29 is 19.2 Å². The van der Waals surface area contributed by atoms with Crippen molar-refractivity contribution in [3.63, 3.8) is 0 Å². The van der Waals surface area contributed by atoms with Gasteiger partial charge in [0.25, 0.3) is 0 Å². The van der Waals surface area contributed by atoms with Gasteiger partial charge in [0, 0.05) is 35.5 Å². The number of amides is 2. The zero-order valence-corrected chi connectivity index (χ0v) is 22.3. The van der Waals surface area contributed by atoms with Gasteiger partial charge in [-0.3, -0.25) is 19.2 Å². The molecule has 4 aromatic rings. The van der Waals surface area contributed by atoms with Gasteiger partial charge in [0.2, 0.25) is 11.8 Å². The molecule has 0 aliphatic rings. The third-order valence-electron chi connectivity index (χ3n) is 6.43. The van der Waals surface area contributed by atoms with Gasteiger partial charge in [0.05, 0.1) is 11.8 Å². The zero-order chi connectivity index (χ0) is 27.1. The highest BCUT2D eigenvalue weighted by atomic mass is 33.1. The summed E-state index contributed by atoms with van der Waals surface area (Å²) in [5.41, 5.74) is 12.2. The van der Waals surface area contributed by atoms with Crippen LogP contribution in [0.25, 0.3) is 21.5 Å². The molecule has 0 saturated heterocycles. The van der Waals surface area contributed by atoms with Crippen LogP contribution in [0.4, 0.5) is 0 Å². The normalized spacial score (nSPS) is 12.7. The molecule has 0 spiro atoms. The molecule has 0 heterocycles. The molecular weight excluding hydrogens is 516 g/mol. The van der Waals surface area contributed by atoms with E-state index in [0.29, 0.717) is 22.6 Å². The highest BCUT2D eigenvalue weighted by Crippen LogP contribution is 2.30. The average molecular weight is 545 g/mol. The van der Waals surface area contributed by atoms with Gasteiger partial charge in [0.15, 0.2) is 11.6 Å². The van der Waals surface area contributed by atoms with Gasteiger partial charge in [-0.2, -0.15) is 0 Å². The van der Waals surface area contributed by atoms with Crippen LogP contribution in [-0.2, 0) is 9.59 Å². The number of hydrogen-bond acceptors (Lipinski definition) is 6. The summed E-state index contributed by atoms with van der Waals surface area (Å²) in [6, 6.07) is 26.4. The lowest BCUT2D eigenvalue weighted by Gasteiger charge is -2.15. The Morgan fingerprint density at radius 2 is 0.921 bits per heavy atom. The van der Waals surface area contributed by atoms with Crippen LogP contribution in [0.2, 0.25) is 0 Å². The molecule has 0 aliphatic heterocycles. The minimum atomic E-state index is -0.655. The maximum atomic E-state index is 12.8. The first kappa shape index (κ1) is 27.4. The Morgan fingerprint density at radius 3 is 1.29 bits per heavy atom. The number of fused-ring (bicyclic) bond motifs is 2. The van der Waals surface area contributed by atoms with Gasteiger partial charge >= 0.3 is 0 Å². The molecule has 4 rings (SSSR count). The van der Waals surface area contributed by atoms with E-state index < -0.39 is 23.7 Å². The number of benzene rings is 4. The molecule has 8 heteroatoms. The molecule has 6 nitrogen and oxygen atoms in total. The molecule has 4 N–H and O–H groups in total. The van der Waals surface area contributed by atoms with Crippen molar-refractivity contribution in [1.82, 2.24) is 0 Å². The van der Waals surface area contributed by atoms with Crippen LogP contribution in [-0.4, -0.2) is 34.9 Å². The third-order valence-corrected chi connectivity index (χ3v) is 8.99. The SMILES string of the molecule is NC(=O)[C@H](CSSC[C@H](CC(=O)c1ccc2ccccc2c1)C(N)=O)CC(=O)c1ccc2ccccc2c1. The molecule has 4 aromatic carbocycles. The first-order valence-corrected chi connectivity index (χ1v) is 14.7. The number of rotatable bonds is 13. The molecule has 194 valence electrons. The fraction of sp³-hybridized carbons (Fsp3) is 0.200. The highest BCUT2D eigenvalue weighted by Gasteiger charge is 2.23. The van der Waals surface area contributed by atoms with E-state index in [1.165, 1.54) is 21.6 Å².